The fraction of sp³-hybridized carbons (Fsp3) is 0. The van der Waals surface area contributed by atoms with Gasteiger partial charge in [0.15, 0.2) is 0 Å². The van der Waals surface area contributed by atoms with Crippen LogP contribution in [0.4, 0.5) is 20.2 Å². The maximum Gasteiger partial charge on any atom is 0.261 e. The van der Waals surface area contributed by atoms with Gasteiger partial charge in [0.25, 0.3) is 5.91 Å². The first-order chi connectivity index (χ1) is 8.99. The number of amides is 1. The van der Waals surface area contributed by atoms with E-state index in [1.807, 2.05) is 0 Å². The van der Waals surface area contributed by atoms with Gasteiger partial charge in [-0.3, -0.25) is 4.79 Å². The first-order valence-electron chi connectivity index (χ1n) is 5.29. The van der Waals surface area contributed by atoms with Gasteiger partial charge in [-0.05, 0) is 46.3 Å². The van der Waals surface area contributed by atoms with Crippen LogP contribution in [0.1, 0.15) is 10.4 Å². The average Bonchev–Trinajstić information content (AvgIpc) is 2.33. The van der Waals surface area contributed by atoms with Crippen LogP contribution in [0.2, 0.25) is 0 Å². The predicted molar refractivity (Wildman–Crippen MR) is 72.9 cm³/mol. The second kappa shape index (κ2) is 5.36. The molecule has 0 aliphatic carbocycles. The first-order valence-corrected chi connectivity index (χ1v) is 6.08. The zero-order chi connectivity index (χ0) is 14.0. The Balaban J connectivity index is 2.28. The molecule has 3 N–H and O–H groups in total. The third-order valence-corrected chi connectivity index (χ3v) is 3.17. The number of nitrogens with one attached hydrogen (secondary N) is 1. The van der Waals surface area contributed by atoms with E-state index in [0.29, 0.717) is 15.8 Å². The zero-order valence-corrected chi connectivity index (χ0v) is 11.2. The van der Waals surface area contributed by atoms with Gasteiger partial charge in [0.2, 0.25) is 0 Å². The fourth-order valence-electron chi connectivity index (χ4n) is 1.53. The average molecular weight is 327 g/mol. The lowest BCUT2D eigenvalue weighted by Crippen LogP contribution is -2.15. The molecule has 3 nitrogen and oxygen atoms in total. The van der Waals surface area contributed by atoms with Gasteiger partial charge < -0.3 is 11.1 Å². The Hall–Kier alpha value is -1.95. The minimum absolute atomic E-state index is 0.355. The summed E-state index contributed by atoms with van der Waals surface area (Å²) in [7, 11) is 0. The van der Waals surface area contributed by atoms with Crippen LogP contribution < -0.4 is 11.1 Å². The molecule has 0 fully saturated rings. The van der Waals surface area contributed by atoms with Gasteiger partial charge in [0.05, 0.1) is 0 Å². The van der Waals surface area contributed by atoms with E-state index < -0.39 is 23.1 Å². The van der Waals surface area contributed by atoms with Crippen molar-refractivity contribution in [2.45, 2.75) is 0 Å². The molecule has 0 heterocycles. The lowest BCUT2D eigenvalue weighted by Gasteiger charge is -2.08. The number of benzene rings is 2. The molecule has 6 heteroatoms. The van der Waals surface area contributed by atoms with E-state index in [9.17, 15) is 13.6 Å². The number of halogens is 3. The van der Waals surface area contributed by atoms with Gasteiger partial charge in [-0.2, -0.15) is 0 Å². The van der Waals surface area contributed by atoms with Crippen molar-refractivity contribution in [3.63, 3.8) is 0 Å². The molecule has 0 saturated carbocycles. The van der Waals surface area contributed by atoms with Gasteiger partial charge in [0, 0.05) is 15.8 Å². The second-order valence-electron chi connectivity index (χ2n) is 3.79. The smallest absolute Gasteiger partial charge is 0.261 e. The Bertz CT molecular complexity index is 626. The molecule has 0 radical (unpaired) electrons. The van der Waals surface area contributed by atoms with Crippen molar-refractivity contribution >= 4 is 33.2 Å². The van der Waals surface area contributed by atoms with Gasteiger partial charge >= 0.3 is 0 Å². The summed E-state index contributed by atoms with van der Waals surface area (Å²) >= 11 is 3.21. The zero-order valence-electron chi connectivity index (χ0n) is 9.58. The topological polar surface area (TPSA) is 55.1 Å². The van der Waals surface area contributed by atoms with Crippen LogP contribution in [0.5, 0.6) is 0 Å². The molecule has 98 valence electrons. The number of nitrogens with two attached hydrogens (primary N) is 1. The van der Waals surface area contributed by atoms with Crippen LogP contribution in [-0.2, 0) is 0 Å². The molecule has 1 amide bonds. The van der Waals surface area contributed by atoms with Crippen molar-refractivity contribution in [2.75, 3.05) is 11.1 Å². The Morgan fingerprint density at radius 2 is 1.79 bits per heavy atom. The van der Waals surface area contributed by atoms with Crippen LogP contribution >= 0.6 is 15.9 Å². The molecule has 0 bridgehead atoms. The molecule has 2 aromatic carbocycles. The molecule has 0 unspecified atom stereocenters. The van der Waals surface area contributed by atoms with Gasteiger partial charge in [-0.1, -0.05) is 6.07 Å². The molecule has 19 heavy (non-hydrogen) atoms. The summed E-state index contributed by atoms with van der Waals surface area (Å²) in [4.78, 5) is 11.8. The molecule has 0 saturated heterocycles. The number of hydrogen-bond donors (Lipinski definition) is 2. The number of carbonyl (C=O) groups is 1. The monoisotopic (exact) mass is 326 g/mol. The lowest BCUT2D eigenvalue weighted by atomic mass is 10.1. The number of hydrogen-bond acceptors (Lipinski definition) is 2. The van der Waals surface area contributed by atoms with Crippen molar-refractivity contribution < 1.29 is 13.6 Å². The highest BCUT2D eigenvalue weighted by molar-refractivity contribution is 9.10. The summed E-state index contributed by atoms with van der Waals surface area (Å²) in [5.74, 6) is -2.69. The van der Waals surface area contributed by atoms with Crippen molar-refractivity contribution in [1.29, 1.82) is 0 Å². The van der Waals surface area contributed by atoms with E-state index in [1.165, 1.54) is 12.1 Å². The highest BCUT2D eigenvalue weighted by Crippen LogP contribution is 2.23. The lowest BCUT2D eigenvalue weighted by molar-refractivity contribution is 0.101. The van der Waals surface area contributed by atoms with Crippen molar-refractivity contribution in [3.8, 4) is 0 Å². The van der Waals surface area contributed by atoms with Crippen molar-refractivity contribution in [1.82, 2.24) is 0 Å². The second-order valence-corrected chi connectivity index (χ2v) is 4.64. The SMILES string of the molecule is Nc1cc(NC(=O)c2c(F)cccc2F)ccc1Br. The Kier molecular flexibility index (Phi) is 3.80. The van der Waals surface area contributed by atoms with Crippen molar-refractivity contribution in [2.24, 2.45) is 0 Å². The molecule has 2 rings (SSSR count). The van der Waals surface area contributed by atoms with E-state index in [4.69, 9.17) is 5.73 Å². The standard InChI is InChI=1S/C13H9BrF2N2O/c14-8-5-4-7(6-11(8)17)18-13(19)12-9(15)2-1-3-10(12)16/h1-6H,17H2,(H,18,19). The van der Waals surface area contributed by atoms with Crippen LogP contribution in [0.25, 0.3) is 0 Å². The third-order valence-electron chi connectivity index (χ3n) is 2.44. The summed E-state index contributed by atoms with van der Waals surface area (Å²) in [6, 6.07) is 7.92. The van der Waals surface area contributed by atoms with E-state index in [-0.39, 0.29) is 0 Å². The number of nitrogen functional groups attached to an aromatic ring is 1. The minimum atomic E-state index is -0.914. The third kappa shape index (κ3) is 2.90. The number of carbonyl (C=O) groups excluding carboxylic acids is 1. The molecule has 0 atom stereocenters. The number of anilines is 2. The largest absolute Gasteiger partial charge is 0.398 e. The Morgan fingerprint density at radius 1 is 1.16 bits per heavy atom. The molecule has 0 aliphatic rings. The van der Waals surface area contributed by atoms with E-state index in [0.717, 1.165) is 12.1 Å². The Morgan fingerprint density at radius 3 is 2.37 bits per heavy atom. The van der Waals surface area contributed by atoms with E-state index in [2.05, 4.69) is 21.2 Å². The fourth-order valence-corrected chi connectivity index (χ4v) is 1.78. The highest BCUT2D eigenvalue weighted by Gasteiger charge is 2.17. The normalized spacial score (nSPS) is 10.3. The van der Waals surface area contributed by atoms with Crippen LogP contribution in [-0.4, -0.2) is 5.91 Å². The predicted octanol–water partition coefficient (Wildman–Crippen LogP) is 3.56. The molecule has 0 aliphatic heterocycles. The summed E-state index contributed by atoms with van der Waals surface area (Å²) in [5, 5.41) is 2.39. The molecule has 2 aromatic rings. The number of rotatable bonds is 2. The molecule has 0 aromatic heterocycles. The van der Waals surface area contributed by atoms with Crippen LogP contribution in [0, 0.1) is 11.6 Å². The maximum atomic E-state index is 13.4. The minimum Gasteiger partial charge on any atom is -0.398 e. The van der Waals surface area contributed by atoms with Gasteiger partial charge in [-0.25, -0.2) is 8.78 Å². The Labute approximate surface area is 116 Å². The molecule has 0 spiro atoms. The summed E-state index contributed by atoms with van der Waals surface area (Å²) in [6.45, 7) is 0. The van der Waals surface area contributed by atoms with Gasteiger partial charge in [0.1, 0.15) is 17.2 Å². The summed E-state index contributed by atoms with van der Waals surface area (Å²) in [6.07, 6.45) is 0. The highest BCUT2D eigenvalue weighted by atomic mass is 79.9. The van der Waals surface area contributed by atoms with E-state index >= 15 is 0 Å². The van der Waals surface area contributed by atoms with E-state index in [1.54, 1.807) is 12.1 Å². The van der Waals surface area contributed by atoms with Crippen LogP contribution in [0.3, 0.4) is 0 Å². The maximum absolute atomic E-state index is 13.4. The quantitative estimate of drug-likeness (QED) is 0.829. The first kappa shape index (κ1) is 13.5. The molecular weight excluding hydrogens is 318 g/mol. The van der Waals surface area contributed by atoms with Crippen LogP contribution in [0.15, 0.2) is 40.9 Å². The summed E-state index contributed by atoms with van der Waals surface area (Å²) in [5.41, 5.74) is 5.79. The summed E-state index contributed by atoms with van der Waals surface area (Å²) < 4.78 is 27.5. The van der Waals surface area contributed by atoms with Gasteiger partial charge in [-0.15, -0.1) is 0 Å². The van der Waals surface area contributed by atoms with Crippen molar-refractivity contribution in [3.05, 3.63) is 58.1 Å². The molecular formula is C13H9BrF2N2O.